The fourth-order valence-corrected chi connectivity index (χ4v) is 3.61. The zero-order chi connectivity index (χ0) is 11.9. The van der Waals surface area contributed by atoms with E-state index in [1.54, 1.807) is 0 Å². The molecule has 0 amide bonds. The molecule has 0 atom stereocenters. The first-order valence-corrected chi connectivity index (χ1v) is 7.09. The van der Waals surface area contributed by atoms with Crippen molar-refractivity contribution < 1.29 is 0 Å². The van der Waals surface area contributed by atoms with Crippen molar-refractivity contribution in [3.05, 3.63) is 41.1 Å². The Morgan fingerprint density at radius 3 is 2.78 bits per heavy atom. The van der Waals surface area contributed by atoms with E-state index in [-0.39, 0.29) is 0 Å². The van der Waals surface area contributed by atoms with Gasteiger partial charge in [0.25, 0.3) is 0 Å². The second-order valence-electron chi connectivity index (χ2n) is 5.63. The molecule has 1 aromatic heterocycles. The van der Waals surface area contributed by atoms with Crippen molar-refractivity contribution in [2.75, 3.05) is 0 Å². The molecule has 0 aliphatic heterocycles. The molecule has 92 valence electrons. The Morgan fingerprint density at radius 2 is 1.89 bits per heavy atom. The summed E-state index contributed by atoms with van der Waals surface area (Å²) < 4.78 is 0. The summed E-state index contributed by atoms with van der Waals surface area (Å²) in [6.45, 7) is 0. The van der Waals surface area contributed by atoms with Crippen LogP contribution < -0.4 is 0 Å². The quantitative estimate of drug-likeness (QED) is 0.681. The lowest BCUT2D eigenvalue weighted by Crippen LogP contribution is -2.07. The molecule has 1 heterocycles. The van der Waals surface area contributed by atoms with Gasteiger partial charge in [0, 0.05) is 29.2 Å². The van der Waals surface area contributed by atoms with Gasteiger partial charge in [-0.2, -0.15) is 5.10 Å². The van der Waals surface area contributed by atoms with E-state index in [9.17, 15) is 0 Å². The van der Waals surface area contributed by atoms with Gasteiger partial charge < -0.3 is 0 Å². The first-order chi connectivity index (χ1) is 8.93. The molecule has 2 nitrogen and oxygen atoms in total. The van der Waals surface area contributed by atoms with Crippen LogP contribution in [0.25, 0.3) is 11.3 Å². The largest absolute Gasteiger partial charge is 0.281 e. The number of hydrogen-bond acceptors (Lipinski definition) is 1. The number of aromatic nitrogens is 2. The van der Waals surface area contributed by atoms with Gasteiger partial charge in [0.2, 0.25) is 0 Å². The van der Waals surface area contributed by atoms with Crippen LogP contribution in [0, 0.1) is 0 Å². The van der Waals surface area contributed by atoms with Crippen LogP contribution in [0.15, 0.2) is 24.3 Å². The maximum absolute atomic E-state index is 4.59. The summed E-state index contributed by atoms with van der Waals surface area (Å²) in [5.41, 5.74) is 6.90. The van der Waals surface area contributed by atoms with E-state index in [4.69, 9.17) is 0 Å². The zero-order valence-corrected chi connectivity index (χ0v) is 10.6. The first-order valence-electron chi connectivity index (χ1n) is 7.09. The number of benzene rings is 1. The van der Waals surface area contributed by atoms with Crippen LogP contribution >= 0.6 is 0 Å². The molecule has 2 aliphatic carbocycles. The van der Waals surface area contributed by atoms with Gasteiger partial charge in [-0.25, -0.2) is 0 Å². The minimum absolute atomic E-state index is 0.726. The molecule has 1 saturated carbocycles. The van der Waals surface area contributed by atoms with Gasteiger partial charge in [0.1, 0.15) is 0 Å². The lowest BCUT2D eigenvalue weighted by Gasteiger charge is -2.21. The minimum atomic E-state index is 0.726. The van der Waals surface area contributed by atoms with Crippen LogP contribution in [-0.2, 0) is 6.42 Å². The van der Waals surface area contributed by atoms with Gasteiger partial charge in [0.15, 0.2) is 0 Å². The fourth-order valence-electron chi connectivity index (χ4n) is 3.61. The predicted octanol–water partition coefficient (Wildman–Crippen LogP) is 4.03. The normalized spacial score (nSPS) is 18.7. The van der Waals surface area contributed by atoms with E-state index in [1.807, 2.05) is 0 Å². The van der Waals surface area contributed by atoms with E-state index < -0.39 is 0 Å². The fraction of sp³-hybridized carbons (Fsp3) is 0.438. The van der Waals surface area contributed by atoms with E-state index in [0.29, 0.717) is 0 Å². The lowest BCUT2D eigenvalue weighted by atomic mass is 9.85. The Morgan fingerprint density at radius 1 is 1.06 bits per heavy atom. The third-order valence-electron chi connectivity index (χ3n) is 4.55. The molecule has 0 saturated heterocycles. The molecule has 18 heavy (non-hydrogen) atoms. The minimum Gasteiger partial charge on any atom is -0.281 e. The van der Waals surface area contributed by atoms with Crippen molar-refractivity contribution in [3.8, 4) is 11.3 Å². The Balaban J connectivity index is 1.75. The molecule has 0 bridgehead atoms. The summed E-state index contributed by atoms with van der Waals surface area (Å²) in [6, 6.07) is 8.69. The highest BCUT2D eigenvalue weighted by molar-refractivity contribution is 5.74. The molecule has 2 aliphatic rings. The molecule has 2 heteroatoms. The monoisotopic (exact) mass is 238 g/mol. The van der Waals surface area contributed by atoms with Gasteiger partial charge in [-0.05, 0) is 18.4 Å². The van der Waals surface area contributed by atoms with Crippen molar-refractivity contribution in [2.45, 2.75) is 44.4 Å². The molecule has 1 fully saturated rings. The van der Waals surface area contributed by atoms with Crippen molar-refractivity contribution in [3.63, 3.8) is 0 Å². The van der Waals surface area contributed by atoms with Gasteiger partial charge in [-0.3, -0.25) is 5.10 Å². The molecule has 4 rings (SSSR count). The molecule has 0 unspecified atom stereocenters. The molecular weight excluding hydrogens is 220 g/mol. The number of fused-ring (bicyclic) bond motifs is 3. The summed E-state index contributed by atoms with van der Waals surface area (Å²) in [7, 11) is 0. The van der Waals surface area contributed by atoms with Crippen molar-refractivity contribution in [2.24, 2.45) is 0 Å². The number of hydrogen-bond donors (Lipinski definition) is 1. The van der Waals surface area contributed by atoms with Gasteiger partial charge in [0.05, 0.1) is 5.69 Å². The van der Waals surface area contributed by atoms with E-state index in [2.05, 4.69) is 34.5 Å². The first kappa shape index (κ1) is 10.4. The highest BCUT2D eigenvalue weighted by Gasteiger charge is 2.28. The van der Waals surface area contributed by atoms with Crippen LogP contribution in [0.3, 0.4) is 0 Å². The van der Waals surface area contributed by atoms with Gasteiger partial charge >= 0.3 is 0 Å². The average Bonchev–Trinajstić information content (AvgIpc) is 2.98. The summed E-state index contributed by atoms with van der Waals surface area (Å²) in [5.74, 6) is 0.726. The van der Waals surface area contributed by atoms with Crippen molar-refractivity contribution >= 4 is 0 Å². The van der Waals surface area contributed by atoms with E-state index in [0.717, 1.165) is 12.3 Å². The molecular formula is C16H18N2. The van der Waals surface area contributed by atoms with Gasteiger partial charge in [-0.1, -0.05) is 43.5 Å². The summed E-state index contributed by atoms with van der Waals surface area (Å²) in [6.07, 6.45) is 7.92. The molecule has 1 aromatic carbocycles. The van der Waals surface area contributed by atoms with Crippen LogP contribution in [0.1, 0.15) is 54.8 Å². The number of rotatable bonds is 1. The van der Waals surface area contributed by atoms with E-state index in [1.165, 1.54) is 60.2 Å². The maximum Gasteiger partial charge on any atom is 0.0961 e. The molecule has 0 spiro atoms. The van der Waals surface area contributed by atoms with Crippen LogP contribution in [-0.4, -0.2) is 10.2 Å². The third kappa shape index (κ3) is 1.45. The van der Waals surface area contributed by atoms with Gasteiger partial charge in [-0.15, -0.1) is 0 Å². The summed E-state index contributed by atoms with van der Waals surface area (Å²) in [5, 5.41) is 7.93. The summed E-state index contributed by atoms with van der Waals surface area (Å²) in [4.78, 5) is 0. The summed E-state index contributed by atoms with van der Waals surface area (Å²) >= 11 is 0. The highest BCUT2D eigenvalue weighted by Crippen LogP contribution is 2.41. The average molecular weight is 238 g/mol. The molecule has 2 aromatic rings. The number of aromatic amines is 1. The Hall–Kier alpha value is -1.57. The van der Waals surface area contributed by atoms with Crippen molar-refractivity contribution in [1.82, 2.24) is 10.2 Å². The Bertz CT molecular complexity index is 577. The SMILES string of the molecule is c1ccc2c(c1)Cc1c-2n[nH]c1C1CCCCC1. The zero-order valence-electron chi connectivity index (χ0n) is 10.6. The number of nitrogens with one attached hydrogen (secondary N) is 1. The topological polar surface area (TPSA) is 28.7 Å². The molecule has 1 N–H and O–H groups in total. The standard InChI is InChI=1S/C16H18N2/c1-2-6-11(7-3-1)15-14-10-12-8-4-5-9-13(12)16(14)18-17-15/h4-5,8-9,11H,1-3,6-7,10H2,(H,17,18). The van der Waals surface area contributed by atoms with E-state index >= 15 is 0 Å². The molecule has 0 radical (unpaired) electrons. The predicted molar refractivity (Wildman–Crippen MR) is 72.7 cm³/mol. The second-order valence-corrected chi connectivity index (χ2v) is 5.63. The van der Waals surface area contributed by atoms with Crippen LogP contribution in [0.2, 0.25) is 0 Å². The maximum atomic E-state index is 4.59. The Kier molecular flexibility index (Phi) is 2.29. The van der Waals surface area contributed by atoms with Crippen molar-refractivity contribution in [1.29, 1.82) is 0 Å². The second kappa shape index (κ2) is 3.98. The third-order valence-corrected chi connectivity index (χ3v) is 4.55. The van der Waals surface area contributed by atoms with Crippen LogP contribution in [0.5, 0.6) is 0 Å². The highest BCUT2D eigenvalue weighted by atomic mass is 15.1. The lowest BCUT2D eigenvalue weighted by molar-refractivity contribution is 0.434. The smallest absolute Gasteiger partial charge is 0.0961 e. The Labute approximate surface area is 107 Å². The number of nitrogens with zero attached hydrogens (tertiary/aromatic N) is 1. The van der Waals surface area contributed by atoms with Crippen LogP contribution in [0.4, 0.5) is 0 Å². The number of H-pyrrole nitrogens is 1.